The van der Waals surface area contributed by atoms with Gasteiger partial charge in [0.15, 0.2) is 0 Å². The molecule has 45 heavy (non-hydrogen) atoms. The Balaban J connectivity index is 0.000000178. The van der Waals surface area contributed by atoms with Gasteiger partial charge >= 0.3 is 23.2 Å². The minimum Gasteiger partial charge on any atom is -0.507 e. The summed E-state index contributed by atoms with van der Waals surface area (Å²) in [4.78, 5) is 47.8. The Labute approximate surface area is 259 Å². The van der Waals surface area contributed by atoms with Crippen LogP contribution in [-0.4, -0.2) is 34.4 Å². The van der Waals surface area contributed by atoms with Crippen molar-refractivity contribution in [3.63, 3.8) is 0 Å². The van der Waals surface area contributed by atoms with Crippen LogP contribution in [0.5, 0.6) is 11.5 Å². The molecule has 238 valence electrons. The summed E-state index contributed by atoms with van der Waals surface area (Å²) in [6.07, 6.45) is 7.75. The van der Waals surface area contributed by atoms with Gasteiger partial charge in [-0.25, -0.2) is 9.59 Å². The molecule has 2 fully saturated rings. The van der Waals surface area contributed by atoms with Crippen molar-refractivity contribution in [2.24, 2.45) is 11.8 Å². The Morgan fingerprint density at radius 1 is 0.733 bits per heavy atom. The average Bonchev–Trinajstić information content (AvgIpc) is 3.76. The van der Waals surface area contributed by atoms with Crippen LogP contribution in [0.15, 0.2) is 67.0 Å². The van der Waals surface area contributed by atoms with E-state index in [-0.39, 0.29) is 59.2 Å². The Hall–Kier alpha value is -4.60. The first-order valence-corrected chi connectivity index (χ1v) is 15.5. The number of esters is 1. The van der Waals surface area contributed by atoms with E-state index in [0.717, 1.165) is 51.4 Å². The molecule has 2 atom stereocenters. The highest BCUT2D eigenvalue weighted by Crippen LogP contribution is 2.44. The zero-order valence-corrected chi connectivity index (χ0v) is 25.2. The third-order valence-electron chi connectivity index (χ3n) is 9.33. The molecule has 0 spiro atoms. The molecule has 2 aromatic heterocycles. The van der Waals surface area contributed by atoms with E-state index >= 15 is 0 Å². The summed E-state index contributed by atoms with van der Waals surface area (Å²) < 4.78 is 15.4. The van der Waals surface area contributed by atoms with Gasteiger partial charge in [-0.15, -0.1) is 0 Å². The fourth-order valence-electron chi connectivity index (χ4n) is 7.13. The van der Waals surface area contributed by atoms with E-state index in [4.69, 9.17) is 13.6 Å². The number of carbonyl (C=O) groups is 2. The number of methoxy groups -OCH3 is 1. The van der Waals surface area contributed by atoms with Crippen LogP contribution in [0, 0.1) is 11.8 Å². The van der Waals surface area contributed by atoms with Crippen molar-refractivity contribution in [3.05, 3.63) is 80.5 Å². The molecule has 2 heterocycles. The quantitative estimate of drug-likeness (QED) is 0.145. The Bertz CT molecular complexity index is 1790. The van der Waals surface area contributed by atoms with Crippen LogP contribution in [-0.2, 0) is 14.3 Å². The predicted molar refractivity (Wildman–Crippen MR) is 167 cm³/mol. The number of para-hydroxylation sites is 2. The van der Waals surface area contributed by atoms with Crippen molar-refractivity contribution in [2.75, 3.05) is 7.11 Å². The number of carboxylic acids is 1. The summed E-state index contributed by atoms with van der Waals surface area (Å²) >= 11 is 0. The van der Waals surface area contributed by atoms with Gasteiger partial charge in [0.1, 0.15) is 22.7 Å². The third kappa shape index (κ3) is 6.90. The molecule has 2 aromatic carbocycles. The normalized spacial score (nSPS) is 16.7. The van der Waals surface area contributed by atoms with Crippen LogP contribution in [0.1, 0.15) is 87.2 Å². The van der Waals surface area contributed by atoms with Gasteiger partial charge in [0.2, 0.25) is 0 Å². The number of aromatic hydroxyl groups is 2. The van der Waals surface area contributed by atoms with Crippen molar-refractivity contribution < 1.29 is 38.5 Å². The smallest absolute Gasteiger partial charge is 0.343 e. The maximum atomic E-state index is 12.4. The highest BCUT2D eigenvalue weighted by atomic mass is 16.5. The second-order valence-electron chi connectivity index (χ2n) is 12.0. The Morgan fingerprint density at radius 3 is 1.53 bits per heavy atom. The first kappa shape index (κ1) is 31.8. The van der Waals surface area contributed by atoms with Crippen molar-refractivity contribution in [1.29, 1.82) is 0 Å². The number of carbonyl (C=O) groups excluding carboxylic acids is 1. The van der Waals surface area contributed by atoms with Crippen molar-refractivity contribution in [1.82, 2.24) is 0 Å². The zero-order valence-electron chi connectivity index (χ0n) is 25.2. The van der Waals surface area contributed by atoms with Crippen LogP contribution in [0.3, 0.4) is 0 Å². The molecular formula is C35H38O10. The van der Waals surface area contributed by atoms with Gasteiger partial charge in [-0.3, -0.25) is 9.59 Å². The molecule has 3 N–H and O–H groups in total. The molecule has 4 aromatic rings. The number of hydrogen-bond acceptors (Lipinski definition) is 9. The SMILES string of the molecule is COC(=O)CC(c1c(O)c2ccccc2oc1=O)C1CCCC1.O=C(O)CC(c1c(O)c2ccccc2oc1=O)C1CCCC1. The number of benzene rings is 2. The van der Waals surface area contributed by atoms with E-state index in [1.165, 1.54) is 7.11 Å². The average molecular weight is 619 g/mol. The summed E-state index contributed by atoms with van der Waals surface area (Å²) in [5.41, 5.74) is -0.207. The summed E-state index contributed by atoms with van der Waals surface area (Å²) in [6, 6.07) is 13.6. The van der Waals surface area contributed by atoms with Gasteiger partial charge in [0, 0.05) is 11.8 Å². The lowest BCUT2D eigenvalue weighted by Gasteiger charge is -2.22. The zero-order chi connectivity index (χ0) is 32.1. The standard InChI is InChI=1S/C18H20O5.C17H18O5/c1-22-15(19)10-13(11-6-2-3-7-11)16-17(20)12-8-4-5-9-14(12)23-18(16)21;18-14(19)9-12(10-5-1-2-6-10)15-16(20)11-7-3-4-8-13(11)22-17(15)21/h4-5,8-9,11,13,20H,2-3,6-7,10H2,1H3;3-4,7-8,10,12,20H,1-2,5-6,9H2,(H,18,19). The van der Waals surface area contributed by atoms with Gasteiger partial charge in [-0.2, -0.15) is 0 Å². The van der Waals surface area contributed by atoms with E-state index in [1.807, 2.05) is 0 Å². The van der Waals surface area contributed by atoms with E-state index in [9.17, 15) is 34.5 Å². The molecule has 10 nitrogen and oxygen atoms in total. The van der Waals surface area contributed by atoms with Gasteiger partial charge in [0.25, 0.3) is 0 Å². The molecule has 0 amide bonds. The Morgan fingerprint density at radius 2 is 1.13 bits per heavy atom. The van der Waals surface area contributed by atoms with Crippen molar-refractivity contribution in [3.8, 4) is 11.5 Å². The van der Waals surface area contributed by atoms with E-state index < -0.39 is 23.1 Å². The number of aliphatic carboxylic acids is 1. The number of rotatable bonds is 8. The maximum absolute atomic E-state index is 12.4. The minimum atomic E-state index is -0.969. The molecule has 0 saturated heterocycles. The summed E-state index contributed by atoms with van der Waals surface area (Å²) in [5.74, 6) is -2.14. The Kier molecular flexibility index (Phi) is 9.90. The van der Waals surface area contributed by atoms with Crippen LogP contribution in [0.2, 0.25) is 0 Å². The van der Waals surface area contributed by atoms with Crippen molar-refractivity contribution >= 4 is 33.9 Å². The van der Waals surface area contributed by atoms with Crippen LogP contribution < -0.4 is 11.3 Å². The first-order valence-electron chi connectivity index (χ1n) is 15.5. The number of carboxylic acid groups (broad SMARTS) is 1. The summed E-state index contributed by atoms with van der Waals surface area (Å²) in [5, 5.41) is 31.3. The second kappa shape index (κ2) is 14.0. The van der Waals surface area contributed by atoms with Gasteiger partial charge in [0.05, 0.1) is 41.9 Å². The molecule has 6 rings (SSSR count). The highest BCUT2D eigenvalue weighted by molar-refractivity contribution is 5.85. The summed E-state index contributed by atoms with van der Waals surface area (Å²) in [7, 11) is 1.33. The molecule has 0 radical (unpaired) electrons. The lowest BCUT2D eigenvalue weighted by molar-refractivity contribution is -0.141. The van der Waals surface area contributed by atoms with Gasteiger partial charge in [-0.05, 0) is 61.8 Å². The highest BCUT2D eigenvalue weighted by Gasteiger charge is 2.35. The first-order chi connectivity index (χ1) is 21.7. The van der Waals surface area contributed by atoms with E-state index in [1.54, 1.807) is 48.5 Å². The molecular weight excluding hydrogens is 580 g/mol. The lowest BCUT2D eigenvalue weighted by atomic mass is 9.82. The maximum Gasteiger partial charge on any atom is 0.343 e. The van der Waals surface area contributed by atoms with E-state index in [2.05, 4.69) is 0 Å². The van der Waals surface area contributed by atoms with Crippen LogP contribution in [0.25, 0.3) is 21.9 Å². The topological polar surface area (TPSA) is 164 Å². The fourth-order valence-corrected chi connectivity index (χ4v) is 7.13. The molecule has 0 aliphatic heterocycles. The fraction of sp³-hybridized carbons (Fsp3) is 0.429. The van der Waals surface area contributed by atoms with Crippen LogP contribution in [0.4, 0.5) is 0 Å². The molecule has 2 aliphatic carbocycles. The van der Waals surface area contributed by atoms with Crippen molar-refractivity contribution in [2.45, 2.75) is 76.0 Å². The number of ether oxygens (including phenoxy) is 1. The largest absolute Gasteiger partial charge is 0.507 e. The number of fused-ring (bicyclic) bond motifs is 2. The van der Waals surface area contributed by atoms with Gasteiger partial charge in [-0.1, -0.05) is 49.9 Å². The molecule has 2 aliphatic rings. The monoisotopic (exact) mass is 618 g/mol. The predicted octanol–water partition coefficient (Wildman–Crippen LogP) is 6.58. The van der Waals surface area contributed by atoms with E-state index in [0.29, 0.717) is 21.9 Å². The third-order valence-corrected chi connectivity index (χ3v) is 9.33. The molecule has 2 saturated carbocycles. The summed E-state index contributed by atoms with van der Waals surface area (Å²) in [6.45, 7) is 0. The molecule has 0 bridgehead atoms. The minimum absolute atomic E-state index is 0.0716. The lowest BCUT2D eigenvalue weighted by Crippen LogP contribution is -2.22. The van der Waals surface area contributed by atoms with Crippen LogP contribution >= 0.6 is 0 Å². The molecule has 2 unspecified atom stereocenters. The molecule has 10 heteroatoms. The number of hydrogen-bond donors (Lipinski definition) is 3. The second-order valence-corrected chi connectivity index (χ2v) is 12.0. The van der Waals surface area contributed by atoms with Gasteiger partial charge < -0.3 is 28.9 Å².